The van der Waals surface area contributed by atoms with Crippen molar-refractivity contribution in [2.75, 3.05) is 20.2 Å². The van der Waals surface area contributed by atoms with E-state index in [0.717, 1.165) is 12.6 Å². The van der Waals surface area contributed by atoms with E-state index < -0.39 is 12.1 Å². The lowest BCUT2D eigenvalue weighted by atomic mass is 10.2. The molecule has 0 saturated heterocycles. The van der Waals surface area contributed by atoms with Crippen molar-refractivity contribution in [1.29, 1.82) is 0 Å². The average molecular weight is 261 g/mol. The van der Waals surface area contributed by atoms with Crippen LogP contribution < -0.4 is 0 Å². The fourth-order valence-corrected chi connectivity index (χ4v) is 1.28. The number of hydrogen-bond acceptors (Lipinski definition) is 2. The van der Waals surface area contributed by atoms with Crippen molar-refractivity contribution >= 4 is 5.91 Å². The molecule has 0 unspecified atom stereocenters. The van der Waals surface area contributed by atoms with Crippen LogP contribution in [0.3, 0.4) is 0 Å². The molecule has 0 aliphatic carbocycles. The molecule has 0 aliphatic heterocycles. The average Bonchev–Trinajstić information content (AvgIpc) is 2.33. The molecule has 0 atom stereocenters. The Morgan fingerprint density at radius 1 is 1.28 bits per heavy atom. The van der Waals surface area contributed by atoms with Crippen molar-refractivity contribution in [3.8, 4) is 0 Å². The Kier molecular flexibility index (Phi) is 5.15. The second kappa shape index (κ2) is 6.39. The normalized spacial score (nSPS) is 11.3. The third-order valence-electron chi connectivity index (χ3n) is 2.27. The largest absolute Gasteiger partial charge is 0.471 e. The molecule has 0 bridgehead atoms. The van der Waals surface area contributed by atoms with E-state index in [2.05, 4.69) is 0 Å². The summed E-state index contributed by atoms with van der Waals surface area (Å²) in [6.07, 6.45) is -4.83. The number of carbonyl (C=O) groups is 1. The Hall–Kier alpha value is -1.56. The second-order valence-electron chi connectivity index (χ2n) is 3.76. The minimum absolute atomic E-state index is 0.0627. The monoisotopic (exact) mass is 261 g/mol. The summed E-state index contributed by atoms with van der Waals surface area (Å²) in [5, 5.41) is 0. The molecule has 1 rings (SSSR count). The standard InChI is InChI=1S/C12H14F3NO2/c1-16(11(17)12(13,14)15)7-8-18-9-10-5-3-2-4-6-10/h2-6H,7-9H2,1H3. The Labute approximate surface area is 103 Å². The molecule has 0 fully saturated rings. The van der Waals surface area contributed by atoms with Gasteiger partial charge >= 0.3 is 12.1 Å². The minimum Gasteiger partial charge on any atom is -0.375 e. The number of ether oxygens (including phenoxy) is 1. The van der Waals surface area contributed by atoms with Gasteiger partial charge in [0.1, 0.15) is 0 Å². The predicted octanol–water partition coefficient (Wildman–Crippen LogP) is 2.22. The summed E-state index contributed by atoms with van der Waals surface area (Å²) < 4.78 is 41.3. The third kappa shape index (κ3) is 4.75. The summed E-state index contributed by atoms with van der Waals surface area (Å²) in [6.45, 7) is 0.285. The highest BCUT2D eigenvalue weighted by Crippen LogP contribution is 2.17. The zero-order valence-corrected chi connectivity index (χ0v) is 9.91. The maximum atomic E-state index is 12.0. The number of nitrogens with zero attached hydrogens (tertiary/aromatic N) is 1. The van der Waals surface area contributed by atoms with Gasteiger partial charge in [0.25, 0.3) is 0 Å². The molecule has 1 aromatic rings. The SMILES string of the molecule is CN(CCOCc1ccccc1)C(=O)C(F)(F)F. The molecule has 0 radical (unpaired) electrons. The zero-order chi connectivity index (χ0) is 13.6. The Morgan fingerprint density at radius 3 is 2.44 bits per heavy atom. The number of halogens is 3. The van der Waals surface area contributed by atoms with E-state index in [4.69, 9.17) is 4.74 Å². The molecule has 1 aromatic carbocycles. The first kappa shape index (κ1) is 14.5. The van der Waals surface area contributed by atoms with E-state index in [1.165, 1.54) is 0 Å². The maximum Gasteiger partial charge on any atom is 0.471 e. The zero-order valence-electron chi connectivity index (χ0n) is 9.91. The number of alkyl halides is 3. The highest BCUT2D eigenvalue weighted by Gasteiger charge is 2.40. The molecule has 0 saturated carbocycles. The van der Waals surface area contributed by atoms with Crippen molar-refractivity contribution in [2.45, 2.75) is 12.8 Å². The number of amides is 1. The smallest absolute Gasteiger partial charge is 0.375 e. The summed E-state index contributed by atoms with van der Waals surface area (Å²) in [4.78, 5) is 11.4. The van der Waals surface area contributed by atoms with E-state index in [0.29, 0.717) is 11.5 Å². The van der Waals surface area contributed by atoms with Crippen LogP contribution in [0.5, 0.6) is 0 Å². The van der Waals surface area contributed by atoms with Gasteiger partial charge in [-0.3, -0.25) is 4.79 Å². The quantitative estimate of drug-likeness (QED) is 0.761. The van der Waals surface area contributed by atoms with E-state index in [-0.39, 0.29) is 13.2 Å². The molecule has 0 aliphatic rings. The Balaban J connectivity index is 2.24. The van der Waals surface area contributed by atoms with Crippen LogP contribution in [0.15, 0.2) is 30.3 Å². The van der Waals surface area contributed by atoms with Gasteiger partial charge in [0.2, 0.25) is 0 Å². The second-order valence-corrected chi connectivity index (χ2v) is 3.76. The van der Waals surface area contributed by atoms with E-state index in [1.54, 1.807) is 0 Å². The number of hydrogen-bond donors (Lipinski definition) is 0. The topological polar surface area (TPSA) is 29.5 Å². The summed E-state index contributed by atoms with van der Waals surface area (Å²) in [7, 11) is 1.10. The number of carbonyl (C=O) groups excluding carboxylic acids is 1. The Morgan fingerprint density at radius 2 is 1.89 bits per heavy atom. The number of likely N-dealkylation sites (N-methyl/N-ethyl adjacent to an activating group) is 1. The minimum atomic E-state index is -4.83. The van der Waals surface area contributed by atoms with Gasteiger partial charge in [-0.15, -0.1) is 0 Å². The molecule has 3 nitrogen and oxygen atoms in total. The van der Waals surface area contributed by atoms with Gasteiger partial charge in [-0.2, -0.15) is 13.2 Å². The summed E-state index contributed by atoms with van der Waals surface area (Å²) in [5.74, 6) is -1.86. The van der Waals surface area contributed by atoms with Gasteiger partial charge in [-0.1, -0.05) is 30.3 Å². The van der Waals surface area contributed by atoms with Crippen LogP contribution in [0.1, 0.15) is 5.56 Å². The van der Waals surface area contributed by atoms with Gasteiger partial charge in [-0.25, -0.2) is 0 Å². The van der Waals surface area contributed by atoms with E-state index in [1.807, 2.05) is 30.3 Å². The third-order valence-corrected chi connectivity index (χ3v) is 2.27. The van der Waals surface area contributed by atoms with Crippen LogP contribution in [0.2, 0.25) is 0 Å². The maximum absolute atomic E-state index is 12.0. The van der Waals surface area contributed by atoms with Crippen LogP contribution in [0.25, 0.3) is 0 Å². The van der Waals surface area contributed by atoms with Crippen LogP contribution >= 0.6 is 0 Å². The van der Waals surface area contributed by atoms with Crippen LogP contribution in [0, 0.1) is 0 Å². The first-order valence-electron chi connectivity index (χ1n) is 5.35. The highest BCUT2D eigenvalue weighted by atomic mass is 19.4. The molecular formula is C12H14F3NO2. The number of rotatable bonds is 5. The predicted molar refractivity (Wildman–Crippen MR) is 59.8 cm³/mol. The van der Waals surface area contributed by atoms with Crippen LogP contribution in [0.4, 0.5) is 13.2 Å². The Bertz CT molecular complexity index is 379. The van der Waals surface area contributed by atoms with Crippen molar-refractivity contribution in [3.05, 3.63) is 35.9 Å². The highest BCUT2D eigenvalue weighted by molar-refractivity contribution is 5.81. The van der Waals surface area contributed by atoms with Crippen molar-refractivity contribution < 1.29 is 22.7 Å². The molecular weight excluding hydrogens is 247 g/mol. The molecule has 0 heterocycles. The fourth-order valence-electron chi connectivity index (χ4n) is 1.28. The van der Waals surface area contributed by atoms with Gasteiger partial charge < -0.3 is 9.64 Å². The van der Waals surface area contributed by atoms with E-state index in [9.17, 15) is 18.0 Å². The fraction of sp³-hybridized carbons (Fsp3) is 0.417. The molecule has 0 spiro atoms. The van der Waals surface area contributed by atoms with Gasteiger partial charge in [0, 0.05) is 13.6 Å². The van der Waals surface area contributed by atoms with Crippen molar-refractivity contribution in [1.82, 2.24) is 4.90 Å². The molecule has 1 amide bonds. The van der Waals surface area contributed by atoms with Gasteiger partial charge in [-0.05, 0) is 5.56 Å². The van der Waals surface area contributed by atoms with E-state index >= 15 is 0 Å². The van der Waals surface area contributed by atoms with Gasteiger partial charge in [0.15, 0.2) is 0 Å². The summed E-state index contributed by atoms with van der Waals surface area (Å²) in [5.41, 5.74) is 0.933. The van der Waals surface area contributed by atoms with Crippen LogP contribution in [-0.4, -0.2) is 37.2 Å². The lowest BCUT2D eigenvalue weighted by Gasteiger charge is -2.18. The molecule has 100 valence electrons. The lowest BCUT2D eigenvalue weighted by molar-refractivity contribution is -0.184. The molecule has 6 heteroatoms. The van der Waals surface area contributed by atoms with Crippen LogP contribution in [-0.2, 0) is 16.1 Å². The number of benzene rings is 1. The summed E-state index contributed by atoms with van der Waals surface area (Å²) in [6, 6.07) is 9.25. The van der Waals surface area contributed by atoms with Crippen molar-refractivity contribution in [3.63, 3.8) is 0 Å². The molecule has 0 N–H and O–H groups in total. The first-order valence-corrected chi connectivity index (χ1v) is 5.35. The van der Waals surface area contributed by atoms with Crippen molar-refractivity contribution in [2.24, 2.45) is 0 Å². The molecule has 0 aromatic heterocycles. The molecule has 18 heavy (non-hydrogen) atoms. The first-order chi connectivity index (χ1) is 8.41. The lowest BCUT2D eigenvalue weighted by Crippen LogP contribution is -2.40. The van der Waals surface area contributed by atoms with Gasteiger partial charge in [0.05, 0.1) is 13.2 Å². The summed E-state index contributed by atoms with van der Waals surface area (Å²) >= 11 is 0.